The Kier molecular flexibility index (Phi) is 6.03. The van der Waals surface area contributed by atoms with Crippen molar-refractivity contribution in [3.8, 4) is 0 Å². The Morgan fingerprint density at radius 3 is 2.52 bits per heavy atom. The Hall–Kier alpha value is -3.21. The predicted molar refractivity (Wildman–Crippen MR) is 120 cm³/mol. The number of amides is 2. The molecule has 2 unspecified atom stereocenters. The summed E-state index contributed by atoms with van der Waals surface area (Å²) in [6, 6.07) is 19.7. The first-order valence-electron chi connectivity index (χ1n) is 10.7. The molecule has 4 rings (SSSR count). The third-order valence-electron chi connectivity index (χ3n) is 6.36. The van der Waals surface area contributed by atoms with E-state index in [9.17, 15) is 14.0 Å². The summed E-state index contributed by atoms with van der Waals surface area (Å²) in [5.74, 6) is -0.531. The molecule has 1 aliphatic rings. The highest BCUT2D eigenvalue weighted by Crippen LogP contribution is 2.27. The molecule has 3 aromatic rings. The molecular formula is C26H27FN2O2. The van der Waals surface area contributed by atoms with E-state index in [0.29, 0.717) is 18.7 Å². The van der Waals surface area contributed by atoms with Crippen LogP contribution in [0.3, 0.4) is 0 Å². The van der Waals surface area contributed by atoms with E-state index in [0.717, 1.165) is 29.2 Å². The van der Waals surface area contributed by atoms with Gasteiger partial charge in [-0.15, -0.1) is 0 Å². The summed E-state index contributed by atoms with van der Waals surface area (Å²) in [5.41, 5.74) is 1.57. The highest BCUT2D eigenvalue weighted by molar-refractivity contribution is 6.07. The van der Waals surface area contributed by atoms with Crippen molar-refractivity contribution >= 4 is 22.6 Å². The van der Waals surface area contributed by atoms with Crippen LogP contribution < -0.4 is 0 Å². The second-order valence-corrected chi connectivity index (χ2v) is 8.29. The van der Waals surface area contributed by atoms with Crippen LogP contribution in [-0.2, 0) is 4.79 Å². The van der Waals surface area contributed by atoms with Crippen molar-refractivity contribution in [3.05, 3.63) is 83.7 Å². The maximum Gasteiger partial charge on any atom is 0.254 e. The monoisotopic (exact) mass is 418 g/mol. The summed E-state index contributed by atoms with van der Waals surface area (Å²) >= 11 is 0. The maximum absolute atomic E-state index is 13.3. The van der Waals surface area contributed by atoms with Gasteiger partial charge in [-0.05, 0) is 54.3 Å². The summed E-state index contributed by atoms with van der Waals surface area (Å²) < 4.78 is 13.2. The van der Waals surface area contributed by atoms with E-state index in [1.807, 2.05) is 54.3 Å². The van der Waals surface area contributed by atoms with Crippen LogP contribution in [0.25, 0.3) is 10.8 Å². The molecule has 0 saturated carbocycles. The van der Waals surface area contributed by atoms with Gasteiger partial charge in [0.15, 0.2) is 0 Å². The zero-order chi connectivity index (χ0) is 22.0. The van der Waals surface area contributed by atoms with Crippen LogP contribution >= 0.6 is 0 Å². The molecule has 2 amide bonds. The van der Waals surface area contributed by atoms with Gasteiger partial charge < -0.3 is 9.80 Å². The van der Waals surface area contributed by atoms with E-state index >= 15 is 0 Å². The van der Waals surface area contributed by atoms with Gasteiger partial charge in [-0.25, -0.2) is 4.39 Å². The van der Waals surface area contributed by atoms with Crippen molar-refractivity contribution in [2.75, 3.05) is 20.1 Å². The van der Waals surface area contributed by atoms with E-state index in [4.69, 9.17) is 0 Å². The molecule has 4 nitrogen and oxygen atoms in total. The quantitative estimate of drug-likeness (QED) is 0.595. The standard InChI is InChI=1S/C26H27FN2O2/c1-18(19-12-14-22(27)15-13-19)28(2)25(30)21-9-6-16-29(17-21)26(31)24-11-5-8-20-7-3-4-10-23(20)24/h3-5,7-8,10-15,18,21H,6,9,16-17H2,1-2H3. The lowest BCUT2D eigenvalue weighted by Crippen LogP contribution is -2.46. The van der Waals surface area contributed by atoms with Gasteiger partial charge in [0.2, 0.25) is 5.91 Å². The van der Waals surface area contributed by atoms with Crippen LogP contribution in [0.4, 0.5) is 4.39 Å². The fourth-order valence-corrected chi connectivity index (χ4v) is 4.39. The molecule has 1 heterocycles. The summed E-state index contributed by atoms with van der Waals surface area (Å²) in [7, 11) is 1.78. The maximum atomic E-state index is 13.3. The number of carbonyl (C=O) groups excluding carboxylic acids is 2. The van der Waals surface area contributed by atoms with Gasteiger partial charge in [-0.1, -0.05) is 48.5 Å². The zero-order valence-electron chi connectivity index (χ0n) is 17.9. The lowest BCUT2D eigenvalue weighted by Gasteiger charge is -2.36. The number of hydrogen-bond acceptors (Lipinski definition) is 2. The van der Waals surface area contributed by atoms with Crippen molar-refractivity contribution in [2.45, 2.75) is 25.8 Å². The van der Waals surface area contributed by atoms with Gasteiger partial charge in [0.1, 0.15) is 5.82 Å². The first-order valence-corrected chi connectivity index (χ1v) is 10.7. The fourth-order valence-electron chi connectivity index (χ4n) is 4.39. The summed E-state index contributed by atoms with van der Waals surface area (Å²) in [6.45, 7) is 3.01. The van der Waals surface area contributed by atoms with E-state index in [-0.39, 0.29) is 29.6 Å². The minimum Gasteiger partial charge on any atom is -0.339 e. The van der Waals surface area contributed by atoms with Gasteiger partial charge >= 0.3 is 0 Å². The zero-order valence-corrected chi connectivity index (χ0v) is 17.9. The molecule has 1 saturated heterocycles. The molecule has 0 aromatic heterocycles. The number of piperidine rings is 1. The van der Waals surface area contributed by atoms with Crippen LogP contribution in [0, 0.1) is 11.7 Å². The highest BCUT2D eigenvalue weighted by atomic mass is 19.1. The lowest BCUT2D eigenvalue weighted by atomic mass is 9.94. The molecule has 1 aliphatic heterocycles. The Morgan fingerprint density at radius 1 is 1.03 bits per heavy atom. The Bertz CT molecular complexity index is 1090. The normalized spacial score (nSPS) is 17.4. The first-order chi connectivity index (χ1) is 15.0. The minimum absolute atomic E-state index is 0.0206. The van der Waals surface area contributed by atoms with Crippen molar-refractivity contribution in [1.29, 1.82) is 0 Å². The first kappa shape index (κ1) is 21.0. The van der Waals surface area contributed by atoms with Crippen LogP contribution in [0.15, 0.2) is 66.7 Å². The third kappa shape index (κ3) is 4.31. The van der Waals surface area contributed by atoms with Crippen molar-refractivity contribution in [2.24, 2.45) is 5.92 Å². The van der Waals surface area contributed by atoms with Gasteiger partial charge in [0.25, 0.3) is 5.91 Å². The molecule has 0 radical (unpaired) electrons. The average Bonchev–Trinajstić information content (AvgIpc) is 2.82. The molecule has 1 fully saturated rings. The van der Waals surface area contributed by atoms with Gasteiger partial charge in [-0.2, -0.15) is 0 Å². The summed E-state index contributed by atoms with van der Waals surface area (Å²) in [6.07, 6.45) is 1.56. The molecule has 160 valence electrons. The van der Waals surface area contributed by atoms with Crippen LogP contribution in [0.1, 0.15) is 41.7 Å². The molecule has 2 atom stereocenters. The number of rotatable bonds is 4. The molecule has 5 heteroatoms. The molecule has 0 N–H and O–H groups in total. The number of fused-ring (bicyclic) bond motifs is 1. The number of hydrogen-bond donors (Lipinski definition) is 0. The second-order valence-electron chi connectivity index (χ2n) is 8.29. The second kappa shape index (κ2) is 8.88. The van der Waals surface area contributed by atoms with Crippen LogP contribution in [0.2, 0.25) is 0 Å². The van der Waals surface area contributed by atoms with Crippen molar-refractivity contribution < 1.29 is 14.0 Å². The van der Waals surface area contributed by atoms with E-state index in [1.54, 1.807) is 24.1 Å². The van der Waals surface area contributed by atoms with Crippen molar-refractivity contribution in [1.82, 2.24) is 9.80 Å². The smallest absolute Gasteiger partial charge is 0.254 e. The average molecular weight is 419 g/mol. The highest BCUT2D eigenvalue weighted by Gasteiger charge is 2.32. The third-order valence-corrected chi connectivity index (χ3v) is 6.36. The lowest BCUT2D eigenvalue weighted by molar-refractivity contribution is -0.137. The van der Waals surface area contributed by atoms with Gasteiger partial charge in [0.05, 0.1) is 12.0 Å². The topological polar surface area (TPSA) is 40.6 Å². The molecule has 3 aromatic carbocycles. The number of carbonyl (C=O) groups is 2. The molecule has 0 bridgehead atoms. The predicted octanol–water partition coefficient (Wildman–Crippen LogP) is 5.05. The van der Waals surface area contributed by atoms with Gasteiger partial charge in [0, 0.05) is 25.7 Å². The van der Waals surface area contributed by atoms with E-state index < -0.39 is 0 Å². The number of likely N-dealkylation sites (tertiary alicyclic amines) is 1. The van der Waals surface area contributed by atoms with E-state index in [1.165, 1.54) is 12.1 Å². The number of benzene rings is 3. The van der Waals surface area contributed by atoms with Crippen LogP contribution in [-0.4, -0.2) is 41.8 Å². The fraction of sp³-hybridized carbons (Fsp3) is 0.308. The molecule has 0 aliphatic carbocycles. The summed E-state index contributed by atoms with van der Waals surface area (Å²) in [4.78, 5) is 30.0. The Morgan fingerprint density at radius 2 is 1.74 bits per heavy atom. The number of halogens is 1. The number of nitrogens with zero attached hydrogens (tertiary/aromatic N) is 2. The molecular weight excluding hydrogens is 391 g/mol. The largest absolute Gasteiger partial charge is 0.339 e. The molecule has 31 heavy (non-hydrogen) atoms. The molecule has 0 spiro atoms. The Labute approximate surface area is 182 Å². The van der Waals surface area contributed by atoms with Gasteiger partial charge in [-0.3, -0.25) is 9.59 Å². The van der Waals surface area contributed by atoms with E-state index in [2.05, 4.69) is 0 Å². The van der Waals surface area contributed by atoms with Crippen LogP contribution in [0.5, 0.6) is 0 Å². The summed E-state index contributed by atoms with van der Waals surface area (Å²) in [5, 5.41) is 1.97. The minimum atomic E-state index is -0.292. The van der Waals surface area contributed by atoms with Crippen molar-refractivity contribution in [3.63, 3.8) is 0 Å². The Balaban J connectivity index is 1.49. The SMILES string of the molecule is CC(c1ccc(F)cc1)N(C)C(=O)C1CCCN(C(=O)c2cccc3ccccc23)C1.